The molecule has 0 saturated heterocycles. The Morgan fingerprint density at radius 1 is 0.969 bits per heavy atom. The number of halogens is 1. The Morgan fingerprint density at radius 2 is 1.59 bits per heavy atom. The second-order valence-corrected chi connectivity index (χ2v) is 11.4. The zero-order chi connectivity index (χ0) is 24.1. The molecule has 4 nitrogen and oxygen atoms in total. The molecule has 0 unspecified atom stereocenters. The molecule has 2 rings (SSSR count). The third-order valence-electron chi connectivity index (χ3n) is 5.35. The Hall–Kier alpha value is -2.14. The first-order chi connectivity index (χ1) is 14.8. The quantitative estimate of drug-likeness (QED) is 0.505. The lowest BCUT2D eigenvalue weighted by Gasteiger charge is -2.31. The van der Waals surface area contributed by atoms with Crippen LogP contribution in [0.1, 0.15) is 71.6 Å². The molecule has 1 N–H and O–H groups in total. The van der Waals surface area contributed by atoms with Crippen molar-refractivity contribution in [1.82, 2.24) is 10.2 Å². The summed E-state index contributed by atoms with van der Waals surface area (Å²) < 4.78 is 0.952. The molecule has 0 aliphatic heterocycles. The van der Waals surface area contributed by atoms with Crippen LogP contribution >= 0.6 is 15.9 Å². The smallest absolute Gasteiger partial charge is 0.242 e. The van der Waals surface area contributed by atoms with Crippen LogP contribution in [0.3, 0.4) is 0 Å². The van der Waals surface area contributed by atoms with Gasteiger partial charge in [-0.1, -0.05) is 73.1 Å². The normalized spacial score (nSPS) is 12.9. The second kappa shape index (κ2) is 10.7. The maximum absolute atomic E-state index is 13.3. The average molecular weight is 502 g/mol. The van der Waals surface area contributed by atoms with Gasteiger partial charge in [0, 0.05) is 23.0 Å². The van der Waals surface area contributed by atoms with E-state index in [1.807, 2.05) is 45.0 Å². The number of hydrogen-bond donors (Lipinski definition) is 1. The van der Waals surface area contributed by atoms with Crippen molar-refractivity contribution >= 4 is 27.7 Å². The van der Waals surface area contributed by atoms with Crippen molar-refractivity contribution in [2.75, 3.05) is 0 Å². The standard InChI is InChI=1S/C27H37BrN2O2/c1-19(25(32)29-27(5,6)7)30(18-21-9-8-10-23(28)17-21)24(31)16-13-20-11-14-22(15-12-20)26(2,3)4/h8-12,14-15,17,19H,13,16,18H2,1-7H3,(H,29,32)/t19-/m0/s1. The highest BCUT2D eigenvalue weighted by Crippen LogP contribution is 2.23. The third-order valence-corrected chi connectivity index (χ3v) is 5.85. The van der Waals surface area contributed by atoms with Crippen molar-refractivity contribution in [2.45, 2.75) is 84.8 Å². The van der Waals surface area contributed by atoms with Crippen LogP contribution in [0.5, 0.6) is 0 Å². The van der Waals surface area contributed by atoms with Crippen LogP contribution in [0.2, 0.25) is 0 Å². The van der Waals surface area contributed by atoms with Crippen LogP contribution in [0.15, 0.2) is 53.0 Å². The summed E-state index contributed by atoms with van der Waals surface area (Å²) in [6.45, 7) is 14.6. The van der Waals surface area contributed by atoms with Crippen LogP contribution in [0, 0.1) is 0 Å². The molecular formula is C27H37BrN2O2. The number of nitrogens with zero attached hydrogens (tertiary/aromatic N) is 1. The fourth-order valence-corrected chi connectivity index (χ4v) is 3.90. The first-order valence-corrected chi connectivity index (χ1v) is 12.0. The molecule has 32 heavy (non-hydrogen) atoms. The van der Waals surface area contributed by atoms with Crippen molar-refractivity contribution in [1.29, 1.82) is 0 Å². The van der Waals surface area contributed by atoms with Gasteiger partial charge in [0.25, 0.3) is 0 Å². The molecule has 174 valence electrons. The van der Waals surface area contributed by atoms with Crippen molar-refractivity contribution < 1.29 is 9.59 Å². The molecule has 0 radical (unpaired) electrons. The Bertz CT molecular complexity index is 924. The molecule has 0 spiro atoms. The van der Waals surface area contributed by atoms with Gasteiger partial charge in [-0.15, -0.1) is 0 Å². The summed E-state index contributed by atoms with van der Waals surface area (Å²) in [7, 11) is 0. The van der Waals surface area contributed by atoms with Crippen LogP contribution < -0.4 is 5.32 Å². The summed E-state index contributed by atoms with van der Waals surface area (Å²) in [4.78, 5) is 27.8. The average Bonchev–Trinajstić information content (AvgIpc) is 2.68. The predicted octanol–water partition coefficient (Wildman–Crippen LogP) is 6.01. The molecule has 0 heterocycles. The zero-order valence-electron chi connectivity index (χ0n) is 20.5. The van der Waals surface area contributed by atoms with E-state index in [2.05, 4.69) is 66.3 Å². The molecule has 0 bridgehead atoms. The highest BCUT2D eigenvalue weighted by atomic mass is 79.9. The minimum atomic E-state index is -0.566. The van der Waals surface area contributed by atoms with Crippen molar-refractivity contribution in [2.24, 2.45) is 0 Å². The van der Waals surface area contributed by atoms with Gasteiger partial charge < -0.3 is 10.2 Å². The molecule has 0 aliphatic carbocycles. The number of benzene rings is 2. The van der Waals surface area contributed by atoms with Crippen LogP contribution in [0.25, 0.3) is 0 Å². The van der Waals surface area contributed by atoms with E-state index in [1.54, 1.807) is 11.8 Å². The van der Waals surface area contributed by atoms with Gasteiger partial charge in [-0.25, -0.2) is 0 Å². The molecule has 0 aromatic heterocycles. The Balaban J connectivity index is 2.16. The van der Waals surface area contributed by atoms with Crippen LogP contribution in [-0.2, 0) is 28.0 Å². The monoisotopic (exact) mass is 500 g/mol. The summed E-state index contributed by atoms with van der Waals surface area (Å²) in [5, 5.41) is 3.00. The van der Waals surface area contributed by atoms with E-state index < -0.39 is 6.04 Å². The molecular weight excluding hydrogens is 464 g/mol. The predicted molar refractivity (Wildman–Crippen MR) is 136 cm³/mol. The zero-order valence-corrected chi connectivity index (χ0v) is 22.0. The van der Waals surface area contributed by atoms with E-state index in [0.717, 1.165) is 15.6 Å². The second-order valence-electron chi connectivity index (χ2n) is 10.5. The van der Waals surface area contributed by atoms with Gasteiger partial charge in [0.2, 0.25) is 11.8 Å². The fourth-order valence-electron chi connectivity index (χ4n) is 3.45. The summed E-state index contributed by atoms with van der Waals surface area (Å²) in [6, 6.07) is 15.8. The van der Waals surface area contributed by atoms with Gasteiger partial charge >= 0.3 is 0 Å². The van der Waals surface area contributed by atoms with Crippen molar-refractivity contribution in [3.05, 3.63) is 69.7 Å². The largest absolute Gasteiger partial charge is 0.350 e. The fraction of sp³-hybridized carbons (Fsp3) is 0.481. The molecule has 2 amide bonds. The molecule has 2 aromatic rings. The van der Waals surface area contributed by atoms with Crippen molar-refractivity contribution in [3.8, 4) is 0 Å². The van der Waals surface area contributed by atoms with E-state index >= 15 is 0 Å². The number of aryl methyl sites for hydroxylation is 1. The lowest BCUT2D eigenvalue weighted by molar-refractivity contribution is -0.141. The number of nitrogens with one attached hydrogen (secondary N) is 1. The van der Waals surface area contributed by atoms with Crippen molar-refractivity contribution in [3.63, 3.8) is 0 Å². The summed E-state index contributed by atoms with van der Waals surface area (Å²) in [5.41, 5.74) is 3.13. The van der Waals surface area contributed by atoms with Gasteiger partial charge in [-0.05, 0) is 68.4 Å². The number of carbonyl (C=O) groups excluding carboxylic acids is 2. The van der Waals surface area contributed by atoms with E-state index in [0.29, 0.717) is 19.4 Å². The molecule has 1 atom stereocenters. The molecule has 0 fully saturated rings. The van der Waals surface area contributed by atoms with E-state index in [-0.39, 0.29) is 22.8 Å². The van der Waals surface area contributed by atoms with E-state index in [1.165, 1.54) is 5.56 Å². The summed E-state index contributed by atoms with van der Waals surface area (Å²) in [6.07, 6.45) is 1.00. The van der Waals surface area contributed by atoms with Gasteiger partial charge in [0.15, 0.2) is 0 Å². The van der Waals surface area contributed by atoms with Gasteiger partial charge in [-0.2, -0.15) is 0 Å². The topological polar surface area (TPSA) is 49.4 Å². The van der Waals surface area contributed by atoms with Gasteiger partial charge in [0.1, 0.15) is 6.04 Å². The summed E-state index contributed by atoms with van der Waals surface area (Å²) in [5.74, 6) is -0.170. The lowest BCUT2D eigenvalue weighted by atomic mass is 9.86. The first kappa shape index (κ1) is 26.1. The summed E-state index contributed by atoms with van der Waals surface area (Å²) >= 11 is 3.49. The van der Waals surface area contributed by atoms with E-state index in [4.69, 9.17) is 0 Å². The van der Waals surface area contributed by atoms with Gasteiger partial charge in [-0.3, -0.25) is 9.59 Å². The highest BCUT2D eigenvalue weighted by molar-refractivity contribution is 9.10. The third kappa shape index (κ3) is 8.09. The van der Waals surface area contributed by atoms with Crippen LogP contribution in [0.4, 0.5) is 0 Å². The Morgan fingerprint density at radius 3 is 2.12 bits per heavy atom. The SMILES string of the molecule is C[C@@H](C(=O)NC(C)(C)C)N(Cc1cccc(Br)c1)C(=O)CCc1ccc(C(C)(C)C)cc1. The molecule has 2 aromatic carbocycles. The molecule has 5 heteroatoms. The lowest BCUT2D eigenvalue weighted by Crippen LogP contribution is -2.52. The number of amides is 2. The van der Waals surface area contributed by atoms with Crippen LogP contribution in [-0.4, -0.2) is 28.3 Å². The maximum atomic E-state index is 13.3. The molecule has 0 saturated carbocycles. The van der Waals surface area contributed by atoms with E-state index in [9.17, 15) is 9.59 Å². The van der Waals surface area contributed by atoms with Gasteiger partial charge in [0.05, 0.1) is 0 Å². The Kier molecular flexibility index (Phi) is 8.69. The number of carbonyl (C=O) groups is 2. The number of rotatable bonds is 7. The minimum Gasteiger partial charge on any atom is -0.350 e. The number of hydrogen-bond acceptors (Lipinski definition) is 2. The Labute approximate surface area is 201 Å². The highest BCUT2D eigenvalue weighted by Gasteiger charge is 2.28. The molecule has 0 aliphatic rings. The minimum absolute atomic E-state index is 0.0265. The maximum Gasteiger partial charge on any atom is 0.242 e. The first-order valence-electron chi connectivity index (χ1n) is 11.2.